The molecule has 0 aliphatic carbocycles. The molecule has 0 saturated carbocycles. The van der Waals surface area contributed by atoms with Gasteiger partial charge in [0.05, 0.1) is 26.2 Å². The largest absolute Gasteiger partial charge is 0.496 e. The number of rotatable bonds is 4. The molecule has 0 amide bonds. The predicted octanol–water partition coefficient (Wildman–Crippen LogP) is 2.66. The first-order valence-corrected chi connectivity index (χ1v) is 4.92. The van der Waals surface area contributed by atoms with Gasteiger partial charge in [-0.3, -0.25) is 0 Å². The van der Waals surface area contributed by atoms with Gasteiger partial charge in [0.25, 0.3) is 0 Å². The van der Waals surface area contributed by atoms with Crippen LogP contribution in [0.25, 0.3) is 0 Å². The van der Waals surface area contributed by atoms with Gasteiger partial charge in [-0.05, 0) is 12.1 Å². The fourth-order valence-corrected chi connectivity index (χ4v) is 1.60. The average Bonchev–Trinajstić information content (AvgIpc) is 2.25. The van der Waals surface area contributed by atoms with E-state index in [9.17, 15) is 13.2 Å². The summed E-state index contributed by atoms with van der Waals surface area (Å²) >= 11 is 0. The van der Waals surface area contributed by atoms with Crippen molar-refractivity contribution in [3.63, 3.8) is 0 Å². The number of methoxy groups -OCH3 is 2. The molecule has 6 heteroatoms. The Morgan fingerprint density at radius 1 is 1.18 bits per heavy atom. The Hall–Kier alpha value is -1.43. The van der Waals surface area contributed by atoms with Gasteiger partial charge in [-0.1, -0.05) is 6.07 Å². The maximum atomic E-state index is 12.3. The maximum Gasteiger partial charge on any atom is 0.390 e. The Morgan fingerprint density at radius 2 is 1.65 bits per heavy atom. The van der Waals surface area contributed by atoms with Crippen LogP contribution in [0.4, 0.5) is 13.2 Å². The number of halogens is 3. The van der Waals surface area contributed by atoms with E-state index in [4.69, 9.17) is 15.2 Å². The first-order valence-electron chi connectivity index (χ1n) is 4.92. The molecule has 0 radical (unpaired) electrons. The van der Waals surface area contributed by atoms with Gasteiger partial charge in [0.2, 0.25) is 0 Å². The third-order valence-corrected chi connectivity index (χ3v) is 2.29. The highest BCUT2D eigenvalue weighted by Gasteiger charge is 2.33. The van der Waals surface area contributed by atoms with E-state index in [1.165, 1.54) is 14.2 Å². The van der Waals surface area contributed by atoms with Crippen molar-refractivity contribution in [3.05, 3.63) is 23.8 Å². The standard InChI is InChI=1S/C11H14F3NO2/c1-16-8-4-3-5-9(17-2)10(8)7(15)6-11(12,13)14/h3-5,7H,6,15H2,1-2H3. The highest BCUT2D eigenvalue weighted by Crippen LogP contribution is 2.37. The molecule has 1 rings (SSSR count). The van der Waals surface area contributed by atoms with Gasteiger partial charge in [0, 0.05) is 6.04 Å². The molecule has 17 heavy (non-hydrogen) atoms. The minimum Gasteiger partial charge on any atom is -0.496 e. The lowest BCUT2D eigenvalue weighted by molar-refractivity contribution is -0.138. The van der Waals surface area contributed by atoms with Crippen LogP contribution in [0, 0.1) is 0 Å². The minimum absolute atomic E-state index is 0.231. The van der Waals surface area contributed by atoms with Crippen LogP contribution in [0.2, 0.25) is 0 Å². The Balaban J connectivity index is 3.09. The molecule has 0 saturated heterocycles. The van der Waals surface area contributed by atoms with E-state index in [-0.39, 0.29) is 5.56 Å². The Morgan fingerprint density at radius 3 is 2.00 bits per heavy atom. The normalized spacial score (nSPS) is 13.3. The zero-order valence-electron chi connectivity index (χ0n) is 9.54. The van der Waals surface area contributed by atoms with Crippen molar-refractivity contribution < 1.29 is 22.6 Å². The van der Waals surface area contributed by atoms with Gasteiger partial charge in [-0.2, -0.15) is 13.2 Å². The molecule has 1 aromatic rings. The zero-order valence-corrected chi connectivity index (χ0v) is 9.54. The number of nitrogens with two attached hydrogens (primary N) is 1. The van der Waals surface area contributed by atoms with Crippen molar-refractivity contribution in [3.8, 4) is 11.5 Å². The molecule has 1 aromatic carbocycles. The lowest BCUT2D eigenvalue weighted by atomic mass is 10.0. The summed E-state index contributed by atoms with van der Waals surface area (Å²) in [6.07, 6.45) is -5.45. The lowest BCUT2D eigenvalue weighted by Crippen LogP contribution is -2.21. The molecular formula is C11H14F3NO2. The number of alkyl halides is 3. The summed E-state index contributed by atoms with van der Waals surface area (Å²) in [7, 11) is 2.75. The van der Waals surface area contributed by atoms with E-state index >= 15 is 0 Å². The number of hydrogen-bond acceptors (Lipinski definition) is 3. The maximum absolute atomic E-state index is 12.3. The molecule has 0 bridgehead atoms. The number of benzene rings is 1. The third-order valence-electron chi connectivity index (χ3n) is 2.29. The van der Waals surface area contributed by atoms with Gasteiger partial charge in [-0.15, -0.1) is 0 Å². The molecule has 0 aromatic heterocycles. The van der Waals surface area contributed by atoms with Crippen LogP contribution in [-0.4, -0.2) is 20.4 Å². The highest BCUT2D eigenvalue weighted by atomic mass is 19.4. The highest BCUT2D eigenvalue weighted by molar-refractivity contribution is 5.46. The van der Waals surface area contributed by atoms with Gasteiger partial charge in [0.1, 0.15) is 11.5 Å². The molecule has 0 aliphatic rings. The average molecular weight is 249 g/mol. The molecule has 2 N–H and O–H groups in total. The quantitative estimate of drug-likeness (QED) is 0.892. The van der Waals surface area contributed by atoms with Crippen molar-refractivity contribution in [1.29, 1.82) is 0 Å². The second-order valence-corrected chi connectivity index (χ2v) is 3.50. The molecule has 0 heterocycles. The predicted molar refractivity (Wildman–Crippen MR) is 57.1 cm³/mol. The van der Waals surface area contributed by atoms with E-state index in [0.717, 1.165) is 0 Å². The molecule has 0 aliphatic heterocycles. The molecule has 96 valence electrons. The summed E-state index contributed by atoms with van der Waals surface area (Å²) in [6.45, 7) is 0. The SMILES string of the molecule is COc1cccc(OC)c1C(N)CC(F)(F)F. The fourth-order valence-electron chi connectivity index (χ4n) is 1.60. The second kappa shape index (κ2) is 5.27. The molecule has 1 atom stereocenters. The molecular weight excluding hydrogens is 235 g/mol. The Kier molecular flexibility index (Phi) is 4.22. The van der Waals surface area contributed by atoms with Gasteiger partial charge >= 0.3 is 6.18 Å². The van der Waals surface area contributed by atoms with Crippen LogP contribution >= 0.6 is 0 Å². The van der Waals surface area contributed by atoms with E-state index < -0.39 is 18.6 Å². The zero-order chi connectivity index (χ0) is 13.1. The summed E-state index contributed by atoms with van der Waals surface area (Å²) < 4.78 is 46.9. The smallest absolute Gasteiger partial charge is 0.390 e. The van der Waals surface area contributed by atoms with Crippen molar-refractivity contribution in [2.24, 2.45) is 5.73 Å². The van der Waals surface area contributed by atoms with E-state index in [0.29, 0.717) is 11.5 Å². The van der Waals surface area contributed by atoms with Crippen LogP contribution in [0.15, 0.2) is 18.2 Å². The minimum atomic E-state index is -4.33. The fraction of sp³-hybridized carbons (Fsp3) is 0.455. The van der Waals surface area contributed by atoms with Crippen molar-refractivity contribution >= 4 is 0 Å². The van der Waals surface area contributed by atoms with Crippen LogP contribution in [0.3, 0.4) is 0 Å². The second-order valence-electron chi connectivity index (χ2n) is 3.50. The molecule has 0 spiro atoms. The van der Waals surface area contributed by atoms with E-state index in [2.05, 4.69) is 0 Å². The van der Waals surface area contributed by atoms with Gasteiger partial charge in [0.15, 0.2) is 0 Å². The van der Waals surface area contributed by atoms with Crippen molar-refractivity contribution in [1.82, 2.24) is 0 Å². The summed E-state index contributed by atoms with van der Waals surface area (Å²) in [5.41, 5.74) is 5.79. The third kappa shape index (κ3) is 3.52. The first-order chi connectivity index (χ1) is 7.89. The van der Waals surface area contributed by atoms with Crippen molar-refractivity contribution in [2.45, 2.75) is 18.6 Å². The Bertz CT molecular complexity index is 357. The number of hydrogen-bond donors (Lipinski definition) is 1. The topological polar surface area (TPSA) is 44.5 Å². The van der Waals surface area contributed by atoms with Crippen LogP contribution < -0.4 is 15.2 Å². The summed E-state index contributed by atoms with van der Waals surface area (Å²) in [5, 5.41) is 0. The summed E-state index contributed by atoms with van der Waals surface area (Å²) in [4.78, 5) is 0. The van der Waals surface area contributed by atoms with Crippen LogP contribution in [-0.2, 0) is 0 Å². The summed E-state index contributed by atoms with van der Waals surface area (Å²) in [5.74, 6) is 0.585. The van der Waals surface area contributed by atoms with Gasteiger partial charge in [-0.25, -0.2) is 0 Å². The van der Waals surface area contributed by atoms with E-state index in [1.54, 1.807) is 18.2 Å². The van der Waals surface area contributed by atoms with Crippen LogP contribution in [0.1, 0.15) is 18.0 Å². The van der Waals surface area contributed by atoms with E-state index in [1.807, 2.05) is 0 Å². The van der Waals surface area contributed by atoms with Gasteiger partial charge < -0.3 is 15.2 Å². The number of ether oxygens (including phenoxy) is 2. The monoisotopic (exact) mass is 249 g/mol. The first kappa shape index (κ1) is 13.6. The molecule has 1 unspecified atom stereocenters. The van der Waals surface area contributed by atoms with Crippen molar-refractivity contribution in [2.75, 3.05) is 14.2 Å². The molecule has 3 nitrogen and oxygen atoms in total. The lowest BCUT2D eigenvalue weighted by Gasteiger charge is -2.19. The summed E-state index contributed by atoms with van der Waals surface area (Å²) in [6, 6.07) is 3.52. The Labute approximate surface area is 97.3 Å². The van der Waals surface area contributed by atoms with Crippen LogP contribution in [0.5, 0.6) is 11.5 Å². The molecule has 0 fully saturated rings.